The van der Waals surface area contributed by atoms with Gasteiger partial charge in [0.05, 0.1) is 15.7 Å². The van der Waals surface area contributed by atoms with Crippen molar-refractivity contribution in [1.82, 2.24) is 15.3 Å². The molecular weight excluding hydrogens is 463 g/mol. The van der Waals surface area contributed by atoms with Gasteiger partial charge in [0, 0.05) is 37.4 Å². The highest BCUT2D eigenvalue weighted by molar-refractivity contribution is 7.80. The molecule has 0 atom stereocenters. The first-order valence-electron chi connectivity index (χ1n) is 11.3. The molecule has 0 aliphatic heterocycles. The summed E-state index contributed by atoms with van der Waals surface area (Å²) >= 11 is 17.5. The summed E-state index contributed by atoms with van der Waals surface area (Å²) in [7, 11) is 4.12. The number of anilines is 3. The van der Waals surface area contributed by atoms with E-state index >= 15 is 0 Å². The summed E-state index contributed by atoms with van der Waals surface area (Å²) in [6.45, 7) is 0. The van der Waals surface area contributed by atoms with Gasteiger partial charge in [0.15, 0.2) is 5.11 Å². The Morgan fingerprint density at radius 3 is 2.44 bits per heavy atom. The van der Waals surface area contributed by atoms with Crippen molar-refractivity contribution in [3.63, 3.8) is 0 Å². The normalized spacial score (nSPS) is 20.2. The SMILES string of the molecule is CN(C)c1nc(NC2CCC(NC(=S)Nc3ccc(Cl)c(Cl)c3)CC2)nc2c1CCCC2. The number of hydrogen-bond donors (Lipinski definition) is 3. The van der Waals surface area contributed by atoms with Gasteiger partial charge in [0.2, 0.25) is 5.95 Å². The van der Waals surface area contributed by atoms with E-state index in [-0.39, 0.29) is 0 Å². The molecule has 0 amide bonds. The van der Waals surface area contributed by atoms with Gasteiger partial charge in [0.25, 0.3) is 0 Å². The lowest BCUT2D eigenvalue weighted by Crippen LogP contribution is -2.42. The Hall–Kier alpha value is -1.83. The van der Waals surface area contributed by atoms with E-state index < -0.39 is 0 Å². The van der Waals surface area contributed by atoms with Crippen LogP contribution in [0.25, 0.3) is 0 Å². The molecule has 0 bridgehead atoms. The number of hydrogen-bond acceptors (Lipinski definition) is 5. The van der Waals surface area contributed by atoms with Crippen molar-refractivity contribution < 1.29 is 0 Å². The zero-order chi connectivity index (χ0) is 22.7. The molecule has 1 aromatic carbocycles. The van der Waals surface area contributed by atoms with Gasteiger partial charge in [-0.25, -0.2) is 4.98 Å². The molecule has 0 radical (unpaired) electrons. The van der Waals surface area contributed by atoms with E-state index in [2.05, 4.69) is 34.9 Å². The molecule has 4 rings (SSSR count). The van der Waals surface area contributed by atoms with Crippen LogP contribution >= 0.6 is 35.4 Å². The molecule has 9 heteroatoms. The summed E-state index contributed by atoms with van der Waals surface area (Å²) < 4.78 is 0. The minimum absolute atomic E-state index is 0.345. The fourth-order valence-corrected chi connectivity index (χ4v) is 5.08. The molecule has 0 spiro atoms. The predicted octanol–water partition coefficient (Wildman–Crippen LogP) is 5.44. The van der Waals surface area contributed by atoms with Crippen LogP contribution in [-0.2, 0) is 12.8 Å². The summed E-state index contributed by atoms with van der Waals surface area (Å²) in [5.41, 5.74) is 3.36. The quantitative estimate of drug-likeness (QED) is 0.480. The molecule has 2 aliphatic carbocycles. The van der Waals surface area contributed by atoms with E-state index in [9.17, 15) is 0 Å². The van der Waals surface area contributed by atoms with Gasteiger partial charge in [-0.05, 0) is 81.8 Å². The standard InChI is InChI=1S/C23H30Cl2N6S/c1-31(2)21-17-5-3-4-6-20(17)29-22(30-21)26-14-7-9-15(10-8-14)27-23(32)28-16-11-12-18(24)19(25)13-16/h11-15H,3-10H2,1-2H3,(H,26,29,30)(H2,27,28,32). The van der Waals surface area contributed by atoms with Gasteiger partial charge in [-0.15, -0.1) is 0 Å². The topological polar surface area (TPSA) is 65.1 Å². The third-order valence-electron chi connectivity index (χ3n) is 6.16. The highest BCUT2D eigenvalue weighted by Gasteiger charge is 2.24. The second-order valence-corrected chi connectivity index (χ2v) is 10.0. The van der Waals surface area contributed by atoms with E-state index in [0.717, 1.165) is 56.0 Å². The van der Waals surface area contributed by atoms with Gasteiger partial charge < -0.3 is 20.9 Å². The highest BCUT2D eigenvalue weighted by atomic mass is 35.5. The Morgan fingerprint density at radius 2 is 1.72 bits per heavy atom. The highest BCUT2D eigenvalue weighted by Crippen LogP contribution is 2.29. The number of benzene rings is 1. The lowest BCUT2D eigenvalue weighted by molar-refractivity contribution is 0.387. The van der Waals surface area contributed by atoms with Crippen LogP contribution in [-0.4, -0.2) is 41.3 Å². The lowest BCUT2D eigenvalue weighted by Gasteiger charge is -2.31. The largest absolute Gasteiger partial charge is 0.362 e. The number of nitrogens with zero attached hydrogens (tertiary/aromatic N) is 3. The van der Waals surface area contributed by atoms with Gasteiger partial charge in [-0.3, -0.25) is 0 Å². The molecule has 6 nitrogen and oxygen atoms in total. The van der Waals surface area contributed by atoms with Crippen molar-refractivity contribution in [2.24, 2.45) is 0 Å². The second-order valence-electron chi connectivity index (χ2n) is 8.82. The van der Waals surface area contributed by atoms with Crippen LogP contribution in [0, 0.1) is 0 Å². The Labute approximate surface area is 205 Å². The number of aryl methyl sites for hydroxylation is 1. The van der Waals surface area contributed by atoms with E-state index in [4.69, 9.17) is 45.4 Å². The van der Waals surface area contributed by atoms with Crippen LogP contribution in [0.5, 0.6) is 0 Å². The molecule has 0 saturated heterocycles. The maximum Gasteiger partial charge on any atom is 0.225 e. The van der Waals surface area contributed by atoms with Crippen LogP contribution in [0.4, 0.5) is 17.5 Å². The molecule has 1 fully saturated rings. The molecule has 2 aromatic rings. The summed E-state index contributed by atoms with van der Waals surface area (Å²) in [6, 6.07) is 6.12. The van der Waals surface area contributed by atoms with E-state index in [1.54, 1.807) is 12.1 Å². The summed E-state index contributed by atoms with van der Waals surface area (Å²) in [4.78, 5) is 11.8. The van der Waals surface area contributed by atoms with Crippen molar-refractivity contribution in [2.45, 2.75) is 63.5 Å². The molecule has 172 valence electrons. The molecule has 0 unspecified atom stereocenters. The van der Waals surface area contributed by atoms with E-state index in [1.807, 2.05) is 6.07 Å². The van der Waals surface area contributed by atoms with Crippen LogP contribution in [0.1, 0.15) is 49.8 Å². The minimum Gasteiger partial charge on any atom is -0.362 e. The lowest BCUT2D eigenvalue weighted by atomic mass is 9.91. The Balaban J connectivity index is 1.30. The number of fused-ring (bicyclic) bond motifs is 1. The summed E-state index contributed by atoms with van der Waals surface area (Å²) in [5.74, 6) is 1.83. The molecule has 1 saturated carbocycles. The number of nitrogens with one attached hydrogen (secondary N) is 3. The van der Waals surface area contributed by atoms with Crippen molar-refractivity contribution in [1.29, 1.82) is 0 Å². The molecule has 3 N–H and O–H groups in total. The monoisotopic (exact) mass is 492 g/mol. The molecule has 2 aliphatic rings. The Morgan fingerprint density at radius 1 is 1.00 bits per heavy atom. The minimum atomic E-state index is 0.345. The zero-order valence-electron chi connectivity index (χ0n) is 18.5. The number of halogens is 2. The molecule has 1 aromatic heterocycles. The fraction of sp³-hybridized carbons (Fsp3) is 0.522. The van der Waals surface area contributed by atoms with Crippen molar-refractivity contribution in [3.8, 4) is 0 Å². The average molecular weight is 494 g/mol. The molecule has 1 heterocycles. The van der Waals surface area contributed by atoms with Crippen LogP contribution in [0.3, 0.4) is 0 Å². The van der Waals surface area contributed by atoms with Crippen molar-refractivity contribution in [3.05, 3.63) is 39.5 Å². The number of aromatic nitrogens is 2. The van der Waals surface area contributed by atoms with E-state index in [0.29, 0.717) is 27.2 Å². The van der Waals surface area contributed by atoms with E-state index in [1.165, 1.54) is 24.1 Å². The van der Waals surface area contributed by atoms with Gasteiger partial charge >= 0.3 is 0 Å². The maximum absolute atomic E-state index is 6.08. The summed E-state index contributed by atoms with van der Waals surface area (Å²) in [5, 5.41) is 11.9. The third kappa shape index (κ3) is 5.74. The van der Waals surface area contributed by atoms with Gasteiger partial charge in [0.1, 0.15) is 5.82 Å². The Bertz CT molecular complexity index is 975. The van der Waals surface area contributed by atoms with Gasteiger partial charge in [-0.2, -0.15) is 4.98 Å². The fourth-order valence-electron chi connectivity index (χ4n) is 4.50. The third-order valence-corrected chi connectivity index (χ3v) is 7.12. The van der Waals surface area contributed by atoms with Gasteiger partial charge in [-0.1, -0.05) is 23.2 Å². The van der Waals surface area contributed by atoms with Crippen LogP contribution in [0.15, 0.2) is 18.2 Å². The number of thiocarbonyl (C=S) groups is 1. The maximum atomic E-state index is 6.08. The molecular formula is C23H30Cl2N6S. The first-order valence-corrected chi connectivity index (χ1v) is 12.4. The van der Waals surface area contributed by atoms with Crippen LogP contribution < -0.4 is 20.9 Å². The number of rotatable bonds is 5. The average Bonchev–Trinajstić information content (AvgIpc) is 2.77. The first kappa shape index (κ1) is 23.3. The Kier molecular flexibility index (Phi) is 7.59. The summed E-state index contributed by atoms with van der Waals surface area (Å²) in [6.07, 6.45) is 8.73. The van der Waals surface area contributed by atoms with Crippen molar-refractivity contribution in [2.75, 3.05) is 29.6 Å². The predicted molar refractivity (Wildman–Crippen MR) is 138 cm³/mol. The smallest absolute Gasteiger partial charge is 0.225 e. The molecule has 32 heavy (non-hydrogen) atoms. The van der Waals surface area contributed by atoms with Crippen molar-refractivity contribution >= 4 is 58.0 Å². The zero-order valence-corrected chi connectivity index (χ0v) is 20.9. The first-order chi connectivity index (χ1) is 15.4. The second kappa shape index (κ2) is 10.4. The van der Waals surface area contributed by atoms with Crippen LogP contribution in [0.2, 0.25) is 10.0 Å².